The van der Waals surface area contributed by atoms with Crippen LogP contribution in [0.2, 0.25) is 5.02 Å². The Morgan fingerprint density at radius 2 is 1.81 bits per heavy atom. The van der Waals surface area contributed by atoms with Gasteiger partial charge >= 0.3 is 0 Å². The third-order valence-corrected chi connectivity index (χ3v) is 7.72. The van der Waals surface area contributed by atoms with E-state index in [1.807, 2.05) is 6.07 Å². The number of hydrogen-bond acceptors (Lipinski definition) is 5. The summed E-state index contributed by atoms with van der Waals surface area (Å²) in [7, 11) is -3.69. The van der Waals surface area contributed by atoms with E-state index in [-0.39, 0.29) is 10.8 Å². The summed E-state index contributed by atoms with van der Waals surface area (Å²) >= 11 is 5.90. The molecular weight excluding hydrogens is 438 g/mol. The fourth-order valence-electron chi connectivity index (χ4n) is 3.94. The van der Waals surface area contributed by atoms with Crippen LogP contribution in [0.4, 0.5) is 5.69 Å². The molecule has 1 saturated heterocycles. The summed E-state index contributed by atoms with van der Waals surface area (Å²) in [5, 5.41) is 3.45. The second-order valence-corrected chi connectivity index (χ2v) is 9.99. The van der Waals surface area contributed by atoms with Gasteiger partial charge in [-0.25, -0.2) is 8.42 Å². The molecule has 166 valence electrons. The van der Waals surface area contributed by atoms with Crippen molar-refractivity contribution in [3.63, 3.8) is 0 Å². The summed E-state index contributed by atoms with van der Waals surface area (Å²) < 4.78 is 33.1. The Labute approximate surface area is 188 Å². The molecule has 9 heteroatoms. The van der Waals surface area contributed by atoms with Crippen LogP contribution in [0.3, 0.4) is 0 Å². The molecule has 31 heavy (non-hydrogen) atoms. The maximum atomic E-state index is 13.2. The van der Waals surface area contributed by atoms with Gasteiger partial charge in [-0.3, -0.25) is 14.0 Å². The van der Waals surface area contributed by atoms with Gasteiger partial charge < -0.3 is 10.1 Å². The van der Waals surface area contributed by atoms with Crippen LogP contribution < -0.4 is 9.62 Å². The van der Waals surface area contributed by atoms with Crippen molar-refractivity contribution in [2.45, 2.75) is 17.7 Å². The van der Waals surface area contributed by atoms with Gasteiger partial charge in [0.05, 0.1) is 23.8 Å². The van der Waals surface area contributed by atoms with Gasteiger partial charge in [0.15, 0.2) is 0 Å². The first-order valence-corrected chi connectivity index (χ1v) is 12.3. The molecule has 0 radical (unpaired) electrons. The largest absolute Gasteiger partial charge is 0.379 e. The van der Waals surface area contributed by atoms with Gasteiger partial charge in [0.25, 0.3) is 15.9 Å². The minimum atomic E-state index is -3.69. The first-order valence-electron chi connectivity index (χ1n) is 10.4. The van der Waals surface area contributed by atoms with Crippen molar-refractivity contribution in [2.75, 3.05) is 50.2 Å². The Kier molecular flexibility index (Phi) is 6.81. The molecule has 2 aliphatic heterocycles. The topological polar surface area (TPSA) is 79.0 Å². The molecule has 1 amide bonds. The molecule has 1 N–H and O–H groups in total. The number of anilines is 1. The van der Waals surface area contributed by atoms with Gasteiger partial charge in [-0.15, -0.1) is 0 Å². The molecule has 0 saturated carbocycles. The van der Waals surface area contributed by atoms with Crippen LogP contribution in [0.5, 0.6) is 0 Å². The number of sulfonamides is 1. The zero-order chi connectivity index (χ0) is 21.8. The van der Waals surface area contributed by atoms with Crippen LogP contribution in [0.15, 0.2) is 47.4 Å². The molecule has 2 aromatic rings. The number of fused-ring (bicyclic) bond motifs is 1. The predicted octanol–water partition coefficient (Wildman–Crippen LogP) is 2.54. The first kappa shape index (κ1) is 22.1. The summed E-state index contributed by atoms with van der Waals surface area (Å²) in [5.41, 5.74) is 2.04. The average molecular weight is 464 g/mol. The number of carbonyl (C=O) groups is 1. The highest BCUT2D eigenvalue weighted by atomic mass is 35.5. The van der Waals surface area contributed by atoms with Gasteiger partial charge in [-0.05, 0) is 60.9 Å². The highest BCUT2D eigenvalue weighted by molar-refractivity contribution is 7.92. The Morgan fingerprint density at radius 1 is 1.06 bits per heavy atom. The lowest BCUT2D eigenvalue weighted by molar-refractivity contribution is 0.0383. The summed E-state index contributed by atoms with van der Waals surface area (Å²) in [4.78, 5) is 15.1. The maximum Gasteiger partial charge on any atom is 0.264 e. The molecule has 7 nitrogen and oxygen atoms in total. The van der Waals surface area contributed by atoms with Gasteiger partial charge in [-0.2, -0.15) is 0 Å². The Balaban J connectivity index is 1.46. The second-order valence-electron chi connectivity index (χ2n) is 7.69. The third-order valence-electron chi connectivity index (χ3n) is 5.64. The number of hydrogen-bond donors (Lipinski definition) is 1. The number of morpholine rings is 1. The first-order chi connectivity index (χ1) is 14.9. The molecular formula is C22H26ClN3O4S. The smallest absolute Gasteiger partial charge is 0.264 e. The maximum absolute atomic E-state index is 13.2. The van der Waals surface area contributed by atoms with E-state index < -0.39 is 10.0 Å². The molecule has 0 unspecified atom stereocenters. The van der Waals surface area contributed by atoms with E-state index in [1.165, 1.54) is 16.4 Å². The average Bonchev–Trinajstić information content (AvgIpc) is 2.79. The van der Waals surface area contributed by atoms with Crippen molar-refractivity contribution >= 4 is 33.2 Å². The van der Waals surface area contributed by atoms with Crippen LogP contribution in [-0.4, -0.2) is 65.2 Å². The third kappa shape index (κ3) is 5.03. The van der Waals surface area contributed by atoms with Crippen molar-refractivity contribution in [3.8, 4) is 0 Å². The predicted molar refractivity (Wildman–Crippen MR) is 120 cm³/mol. The van der Waals surface area contributed by atoms with Gasteiger partial charge in [0.1, 0.15) is 0 Å². The molecule has 0 aliphatic carbocycles. The Bertz CT molecular complexity index is 1040. The van der Waals surface area contributed by atoms with Crippen LogP contribution in [0.25, 0.3) is 0 Å². The van der Waals surface area contributed by atoms with Gasteiger partial charge in [0, 0.05) is 43.3 Å². The number of amides is 1. The van der Waals surface area contributed by atoms with Gasteiger partial charge in [0.2, 0.25) is 0 Å². The van der Waals surface area contributed by atoms with E-state index in [4.69, 9.17) is 16.3 Å². The van der Waals surface area contributed by atoms with Crippen molar-refractivity contribution in [1.82, 2.24) is 10.2 Å². The monoisotopic (exact) mass is 463 g/mol. The van der Waals surface area contributed by atoms with E-state index in [2.05, 4.69) is 10.2 Å². The highest BCUT2D eigenvalue weighted by Crippen LogP contribution is 2.33. The van der Waals surface area contributed by atoms with E-state index in [9.17, 15) is 13.2 Å². The number of carbonyl (C=O) groups excluding carboxylic acids is 1. The standard InChI is InChI=1S/C22H26ClN3O4S/c23-19-4-6-20(7-5-19)31(28,29)26-10-1-2-17-16-18(3-8-21(17)26)22(27)24-9-11-25-12-14-30-15-13-25/h3-8,16H,1-2,9-15H2,(H,24,27). The number of benzene rings is 2. The van der Waals surface area contributed by atoms with Gasteiger partial charge in [-0.1, -0.05) is 11.6 Å². The summed E-state index contributed by atoms with van der Waals surface area (Å²) in [5.74, 6) is -0.145. The lowest BCUT2D eigenvalue weighted by atomic mass is 10.0. The second kappa shape index (κ2) is 9.56. The summed E-state index contributed by atoms with van der Waals surface area (Å²) in [6.07, 6.45) is 1.43. The summed E-state index contributed by atoms with van der Waals surface area (Å²) in [6, 6.07) is 11.4. The number of nitrogens with zero attached hydrogens (tertiary/aromatic N) is 2. The molecule has 1 fully saturated rings. The van der Waals surface area contributed by atoms with Crippen molar-refractivity contribution in [3.05, 3.63) is 58.6 Å². The minimum absolute atomic E-state index is 0.145. The quantitative estimate of drug-likeness (QED) is 0.712. The number of aryl methyl sites for hydroxylation is 1. The molecule has 2 aliphatic rings. The Hall–Kier alpha value is -2.13. The lowest BCUT2D eigenvalue weighted by Gasteiger charge is -2.31. The highest BCUT2D eigenvalue weighted by Gasteiger charge is 2.29. The van der Waals surface area contributed by atoms with Crippen molar-refractivity contribution in [2.24, 2.45) is 0 Å². The molecule has 2 heterocycles. The van der Waals surface area contributed by atoms with Crippen molar-refractivity contribution < 1.29 is 17.9 Å². The van der Waals surface area contributed by atoms with E-state index >= 15 is 0 Å². The van der Waals surface area contributed by atoms with Crippen LogP contribution in [0.1, 0.15) is 22.3 Å². The minimum Gasteiger partial charge on any atom is -0.379 e. The zero-order valence-electron chi connectivity index (χ0n) is 17.2. The molecule has 0 spiro atoms. The summed E-state index contributed by atoms with van der Waals surface area (Å²) in [6.45, 7) is 4.98. The van der Waals surface area contributed by atoms with Crippen LogP contribution in [0, 0.1) is 0 Å². The molecule has 0 aromatic heterocycles. The lowest BCUT2D eigenvalue weighted by Crippen LogP contribution is -2.41. The van der Waals surface area contributed by atoms with E-state index in [0.717, 1.165) is 44.8 Å². The van der Waals surface area contributed by atoms with Crippen LogP contribution in [-0.2, 0) is 21.2 Å². The SMILES string of the molecule is O=C(NCCN1CCOCC1)c1ccc2c(c1)CCCN2S(=O)(=O)c1ccc(Cl)cc1. The molecule has 2 aromatic carbocycles. The van der Waals surface area contributed by atoms with Crippen molar-refractivity contribution in [1.29, 1.82) is 0 Å². The number of halogens is 1. The number of ether oxygens (including phenoxy) is 1. The zero-order valence-corrected chi connectivity index (χ0v) is 18.8. The van der Waals surface area contributed by atoms with Crippen LogP contribution >= 0.6 is 11.6 Å². The van der Waals surface area contributed by atoms with E-state index in [1.54, 1.807) is 24.3 Å². The molecule has 4 rings (SSSR count). The molecule has 0 atom stereocenters. The van der Waals surface area contributed by atoms with E-state index in [0.29, 0.717) is 35.8 Å². The number of nitrogens with one attached hydrogen (secondary N) is 1. The fourth-order valence-corrected chi connectivity index (χ4v) is 5.61. The molecule has 0 bridgehead atoms. The number of rotatable bonds is 6. The Morgan fingerprint density at radius 3 is 2.55 bits per heavy atom. The fraction of sp³-hybridized carbons (Fsp3) is 0.409. The normalized spacial score (nSPS) is 17.3.